The van der Waals surface area contributed by atoms with Gasteiger partial charge in [0.05, 0.1) is 40.5 Å². The fourth-order valence-electron chi connectivity index (χ4n) is 2.70. The van der Waals surface area contributed by atoms with Crippen molar-refractivity contribution < 1.29 is 17.9 Å². The van der Waals surface area contributed by atoms with Crippen LogP contribution in [0.5, 0.6) is 5.75 Å². The summed E-state index contributed by atoms with van der Waals surface area (Å²) >= 11 is 6.27. The van der Waals surface area contributed by atoms with E-state index in [9.17, 15) is 13.2 Å². The molecule has 2 aromatic carbocycles. The third-order valence-corrected chi connectivity index (χ3v) is 6.55. The molecule has 0 spiro atoms. The highest BCUT2D eigenvalue weighted by Gasteiger charge is 2.22. The van der Waals surface area contributed by atoms with Gasteiger partial charge < -0.3 is 10.1 Å². The molecule has 1 aromatic heterocycles. The number of carbonyl (C=O) groups excluding carboxylic acids is 1. The maximum Gasteiger partial charge on any atom is 0.264 e. The van der Waals surface area contributed by atoms with Gasteiger partial charge in [0, 0.05) is 13.2 Å². The predicted octanol–water partition coefficient (Wildman–Crippen LogP) is 3.50. The average Bonchev–Trinajstić information content (AvgIpc) is 2.77. The predicted molar refractivity (Wildman–Crippen MR) is 115 cm³/mol. The Labute approximate surface area is 180 Å². The number of amides is 1. The number of sulfonamides is 1. The van der Waals surface area contributed by atoms with Gasteiger partial charge >= 0.3 is 0 Å². The first-order valence-corrected chi connectivity index (χ1v) is 10.8. The third kappa shape index (κ3) is 4.72. The molecule has 3 rings (SSSR count). The van der Waals surface area contributed by atoms with Crippen LogP contribution in [-0.4, -0.2) is 33.5 Å². The van der Waals surface area contributed by atoms with Gasteiger partial charge in [-0.1, -0.05) is 17.7 Å². The Morgan fingerprint density at radius 2 is 1.87 bits per heavy atom. The fourth-order valence-corrected chi connectivity index (χ4v) is 4.15. The van der Waals surface area contributed by atoms with Crippen LogP contribution >= 0.6 is 11.6 Å². The molecule has 0 fully saturated rings. The number of hydrogen-bond acceptors (Lipinski definition) is 5. The van der Waals surface area contributed by atoms with Gasteiger partial charge in [-0.05, 0) is 54.6 Å². The highest BCUT2D eigenvalue weighted by Crippen LogP contribution is 2.28. The lowest BCUT2D eigenvalue weighted by Crippen LogP contribution is -2.27. The van der Waals surface area contributed by atoms with Gasteiger partial charge in [-0.3, -0.25) is 14.1 Å². The zero-order valence-electron chi connectivity index (χ0n) is 16.4. The number of methoxy groups -OCH3 is 1. The summed E-state index contributed by atoms with van der Waals surface area (Å²) < 4.78 is 31.9. The molecule has 0 atom stereocenters. The summed E-state index contributed by atoms with van der Waals surface area (Å²) in [5.74, 6) is 0.179. The van der Waals surface area contributed by atoms with E-state index in [1.807, 2.05) is 6.07 Å². The summed E-state index contributed by atoms with van der Waals surface area (Å²) in [5, 5.41) is 2.88. The van der Waals surface area contributed by atoms with Crippen LogP contribution in [0.25, 0.3) is 0 Å². The Morgan fingerprint density at radius 3 is 2.47 bits per heavy atom. The molecular formula is C21H20ClN3O4S. The minimum absolute atomic E-state index is 0.110. The molecule has 0 aliphatic heterocycles. The first-order chi connectivity index (χ1) is 14.3. The number of pyridine rings is 1. The zero-order chi connectivity index (χ0) is 21.7. The smallest absolute Gasteiger partial charge is 0.264 e. The first-order valence-electron chi connectivity index (χ1n) is 8.93. The van der Waals surface area contributed by atoms with Gasteiger partial charge in [-0.2, -0.15) is 0 Å². The largest absolute Gasteiger partial charge is 0.497 e. The number of aromatic nitrogens is 1. The van der Waals surface area contributed by atoms with Crippen molar-refractivity contribution in [3.8, 4) is 5.75 Å². The van der Waals surface area contributed by atoms with Crippen LogP contribution in [0.3, 0.4) is 0 Å². The van der Waals surface area contributed by atoms with Crippen molar-refractivity contribution in [1.29, 1.82) is 0 Å². The molecule has 9 heteroatoms. The van der Waals surface area contributed by atoms with Crippen LogP contribution in [0.4, 0.5) is 5.69 Å². The van der Waals surface area contributed by atoms with Gasteiger partial charge in [-0.25, -0.2) is 8.42 Å². The maximum absolute atomic E-state index is 12.9. The molecule has 0 bridgehead atoms. The van der Waals surface area contributed by atoms with E-state index in [-0.39, 0.29) is 27.9 Å². The third-order valence-electron chi connectivity index (χ3n) is 4.43. The van der Waals surface area contributed by atoms with Crippen molar-refractivity contribution in [2.24, 2.45) is 0 Å². The lowest BCUT2D eigenvalue weighted by molar-refractivity contribution is 0.0950. The molecule has 7 nitrogen and oxygen atoms in total. The fraction of sp³-hybridized carbons (Fsp3) is 0.143. The van der Waals surface area contributed by atoms with Crippen LogP contribution < -0.4 is 14.4 Å². The molecule has 3 aromatic rings. The summed E-state index contributed by atoms with van der Waals surface area (Å²) in [6, 6.07) is 16.0. The molecule has 0 aliphatic carbocycles. The summed E-state index contributed by atoms with van der Waals surface area (Å²) in [4.78, 5) is 16.7. The summed E-state index contributed by atoms with van der Waals surface area (Å²) in [5.41, 5.74) is 1.28. The number of carbonyl (C=O) groups is 1. The highest BCUT2D eigenvalue weighted by molar-refractivity contribution is 7.92. The molecule has 1 heterocycles. The number of halogens is 1. The molecule has 0 saturated carbocycles. The molecule has 1 amide bonds. The normalized spacial score (nSPS) is 11.0. The Hall–Kier alpha value is -3.10. The van der Waals surface area contributed by atoms with Crippen molar-refractivity contribution in [1.82, 2.24) is 10.3 Å². The Kier molecular flexibility index (Phi) is 6.59. The second-order valence-electron chi connectivity index (χ2n) is 6.32. The molecule has 0 saturated heterocycles. The van der Waals surface area contributed by atoms with E-state index in [0.717, 1.165) is 4.31 Å². The number of nitrogens with one attached hydrogen (secondary N) is 1. The van der Waals surface area contributed by atoms with E-state index < -0.39 is 10.0 Å². The second-order valence-corrected chi connectivity index (χ2v) is 8.69. The van der Waals surface area contributed by atoms with Gasteiger partial charge in [0.25, 0.3) is 15.9 Å². The second kappa shape index (κ2) is 9.15. The van der Waals surface area contributed by atoms with E-state index in [2.05, 4.69) is 10.3 Å². The van der Waals surface area contributed by atoms with Crippen molar-refractivity contribution in [2.75, 3.05) is 18.5 Å². The van der Waals surface area contributed by atoms with E-state index in [1.165, 1.54) is 44.5 Å². The monoisotopic (exact) mass is 445 g/mol. The molecule has 30 heavy (non-hydrogen) atoms. The van der Waals surface area contributed by atoms with Crippen LogP contribution in [0.15, 0.2) is 71.8 Å². The number of benzene rings is 2. The molecule has 156 valence electrons. The van der Waals surface area contributed by atoms with Crippen molar-refractivity contribution in [3.05, 3.63) is 83.1 Å². The van der Waals surface area contributed by atoms with E-state index in [1.54, 1.807) is 30.5 Å². The van der Waals surface area contributed by atoms with Crippen molar-refractivity contribution in [2.45, 2.75) is 11.4 Å². The molecule has 1 N–H and O–H groups in total. The van der Waals surface area contributed by atoms with Gasteiger partial charge in [0.15, 0.2) is 0 Å². The lowest BCUT2D eigenvalue weighted by Gasteiger charge is -2.20. The number of hydrogen-bond donors (Lipinski definition) is 1. The topological polar surface area (TPSA) is 88.6 Å². The first kappa shape index (κ1) is 21.6. The van der Waals surface area contributed by atoms with Crippen LogP contribution in [0.2, 0.25) is 5.02 Å². The van der Waals surface area contributed by atoms with Crippen LogP contribution in [-0.2, 0) is 16.6 Å². The Morgan fingerprint density at radius 1 is 1.13 bits per heavy atom. The van der Waals surface area contributed by atoms with Crippen molar-refractivity contribution >= 4 is 33.2 Å². The summed E-state index contributed by atoms with van der Waals surface area (Å²) in [6.07, 6.45) is 1.64. The highest BCUT2D eigenvalue weighted by atomic mass is 35.5. The van der Waals surface area contributed by atoms with Crippen molar-refractivity contribution in [3.63, 3.8) is 0 Å². The van der Waals surface area contributed by atoms with E-state index in [4.69, 9.17) is 16.3 Å². The number of ether oxygens (including phenoxy) is 1. The lowest BCUT2D eigenvalue weighted by atomic mass is 10.2. The number of nitrogens with zero attached hydrogens (tertiary/aromatic N) is 2. The molecular weight excluding hydrogens is 426 g/mol. The number of anilines is 1. The average molecular weight is 446 g/mol. The summed E-state index contributed by atoms with van der Waals surface area (Å²) in [6.45, 7) is 0.253. The quantitative estimate of drug-likeness (QED) is 0.601. The molecule has 0 unspecified atom stereocenters. The van der Waals surface area contributed by atoms with Crippen LogP contribution in [0, 0.1) is 0 Å². The standard InChI is InChI=1S/C21H20ClN3O4S/c1-25(30(27,28)18-9-7-17(29-2)8-10-18)16-6-11-19(20(22)13-16)21(26)24-14-15-5-3-4-12-23-15/h3-13H,14H2,1-2H3,(H,24,26). The molecule has 0 radical (unpaired) electrons. The minimum atomic E-state index is -3.80. The summed E-state index contributed by atoms with van der Waals surface area (Å²) in [7, 11) is -0.874. The van der Waals surface area contributed by atoms with E-state index in [0.29, 0.717) is 17.1 Å². The maximum atomic E-state index is 12.9. The van der Waals surface area contributed by atoms with Crippen LogP contribution in [0.1, 0.15) is 16.1 Å². The minimum Gasteiger partial charge on any atom is -0.497 e. The number of rotatable bonds is 7. The van der Waals surface area contributed by atoms with Gasteiger partial charge in [0.2, 0.25) is 0 Å². The van der Waals surface area contributed by atoms with Gasteiger partial charge in [0.1, 0.15) is 5.75 Å². The SMILES string of the molecule is COc1ccc(S(=O)(=O)N(C)c2ccc(C(=O)NCc3ccccn3)c(Cl)c2)cc1. The van der Waals surface area contributed by atoms with Gasteiger partial charge in [-0.15, -0.1) is 0 Å². The Balaban J connectivity index is 1.77. The zero-order valence-corrected chi connectivity index (χ0v) is 17.9. The Bertz CT molecular complexity index is 1140. The van der Waals surface area contributed by atoms with E-state index >= 15 is 0 Å². The molecule has 0 aliphatic rings.